The van der Waals surface area contributed by atoms with E-state index in [4.69, 9.17) is 10.2 Å². The highest BCUT2D eigenvalue weighted by atomic mass is 16.4. The third-order valence-electron chi connectivity index (χ3n) is 5.38. The Morgan fingerprint density at radius 2 is 1.70 bits per heavy atom. The van der Waals surface area contributed by atoms with E-state index in [-0.39, 0.29) is 11.3 Å². The lowest BCUT2D eigenvalue weighted by Gasteiger charge is -2.18. The highest BCUT2D eigenvalue weighted by Crippen LogP contribution is 2.21. The predicted molar refractivity (Wildman–Crippen MR) is 131 cm³/mol. The molecule has 0 heterocycles. The van der Waals surface area contributed by atoms with Crippen LogP contribution in [0.5, 0.6) is 5.75 Å². The molecule has 0 radical (unpaired) electrons. The van der Waals surface area contributed by atoms with Gasteiger partial charge in [0.2, 0.25) is 0 Å². The van der Waals surface area contributed by atoms with Crippen molar-refractivity contribution in [3.05, 3.63) is 76.4 Å². The molecule has 0 aromatic heterocycles. The number of aliphatic hydroxyl groups is 1. The van der Waals surface area contributed by atoms with Crippen LogP contribution in [-0.2, 0) is 11.2 Å². The molecule has 1 unspecified atom stereocenters. The summed E-state index contributed by atoms with van der Waals surface area (Å²) in [6, 6.07) is 4.24. The molecule has 1 rings (SSSR count). The number of aromatic carboxylic acids is 1. The van der Waals surface area contributed by atoms with E-state index in [0.29, 0.717) is 36.8 Å². The van der Waals surface area contributed by atoms with Gasteiger partial charge in [0, 0.05) is 5.57 Å². The molecule has 0 saturated carbocycles. The van der Waals surface area contributed by atoms with Crippen LogP contribution in [0.25, 0.3) is 0 Å². The minimum atomic E-state index is -1.03. The molecule has 0 saturated heterocycles. The molecule has 0 aliphatic heterocycles. The maximum atomic E-state index is 11.1. The molecule has 0 aliphatic rings. The number of phenolic OH excluding ortho intramolecular Hbond substituents is 1. The van der Waals surface area contributed by atoms with Crippen molar-refractivity contribution in [1.29, 1.82) is 0 Å². The normalized spacial score (nSPS) is 15.0. The van der Waals surface area contributed by atoms with E-state index in [1.807, 2.05) is 26.0 Å². The second kappa shape index (κ2) is 13.4. The van der Waals surface area contributed by atoms with Crippen LogP contribution < -0.4 is 0 Å². The molecule has 0 amide bonds. The van der Waals surface area contributed by atoms with Gasteiger partial charge in [0.25, 0.3) is 0 Å². The van der Waals surface area contributed by atoms with Crippen LogP contribution in [-0.4, -0.2) is 38.0 Å². The fraction of sp³-hybridized carbons (Fsp3) is 0.407. The summed E-state index contributed by atoms with van der Waals surface area (Å²) in [5, 5.41) is 38.4. The minimum absolute atomic E-state index is 0.0684. The Hall–Kier alpha value is -3.12. The largest absolute Gasteiger partial charge is 0.508 e. The van der Waals surface area contributed by atoms with E-state index in [0.717, 1.165) is 18.4 Å². The number of allylic oxidation sites excluding steroid dienone is 6. The van der Waals surface area contributed by atoms with Crippen LogP contribution in [0.2, 0.25) is 0 Å². The molecule has 0 aliphatic carbocycles. The quantitative estimate of drug-likeness (QED) is 0.220. The van der Waals surface area contributed by atoms with Crippen LogP contribution in [0.15, 0.2) is 65.3 Å². The van der Waals surface area contributed by atoms with Crippen molar-refractivity contribution in [2.45, 2.75) is 71.8 Å². The number of rotatable bonds is 13. The van der Waals surface area contributed by atoms with E-state index >= 15 is 0 Å². The van der Waals surface area contributed by atoms with Gasteiger partial charge in [-0.05, 0) is 90.0 Å². The molecule has 6 heteroatoms. The van der Waals surface area contributed by atoms with Crippen molar-refractivity contribution in [2.75, 3.05) is 0 Å². The van der Waals surface area contributed by atoms with Crippen molar-refractivity contribution < 1.29 is 30.0 Å². The highest BCUT2D eigenvalue weighted by Gasteiger charge is 2.14. The summed E-state index contributed by atoms with van der Waals surface area (Å²) < 4.78 is 0. The lowest BCUT2D eigenvalue weighted by atomic mass is 9.97. The Morgan fingerprint density at radius 3 is 2.33 bits per heavy atom. The number of aromatic hydroxyl groups is 1. The van der Waals surface area contributed by atoms with E-state index in [9.17, 15) is 19.8 Å². The van der Waals surface area contributed by atoms with Gasteiger partial charge in [-0.3, -0.25) is 0 Å². The van der Waals surface area contributed by atoms with Gasteiger partial charge in [-0.1, -0.05) is 41.5 Å². The summed E-state index contributed by atoms with van der Waals surface area (Å²) >= 11 is 0. The number of carboxylic acid groups (broad SMARTS) is 2. The van der Waals surface area contributed by atoms with Gasteiger partial charge in [0.1, 0.15) is 5.75 Å². The fourth-order valence-corrected chi connectivity index (χ4v) is 3.15. The molecule has 1 aromatic carbocycles. The van der Waals surface area contributed by atoms with Crippen molar-refractivity contribution in [1.82, 2.24) is 0 Å². The standard InChI is InChI=1S/C27H36O6/c1-19(8-5-11-21(3)25(29)30)9-6-16-27(4,33)17-7-10-20(2)12-13-22-18-23(26(31)32)14-15-24(22)28/h7,9,11-12,14-15,17-18,28,33H,5-6,8,10,13,16H2,1-4H3,(H,29,30)(H,31,32)/b17-7+,19-9+,20-12+,21-11+. The number of aliphatic carboxylic acids is 1. The Kier molecular flexibility index (Phi) is 11.4. The first kappa shape index (κ1) is 27.9. The third kappa shape index (κ3) is 11.3. The van der Waals surface area contributed by atoms with Crippen LogP contribution in [0, 0.1) is 0 Å². The monoisotopic (exact) mass is 456 g/mol. The minimum Gasteiger partial charge on any atom is -0.508 e. The van der Waals surface area contributed by atoms with E-state index in [2.05, 4.69) is 6.08 Å². The van der Waals surface area contributed by atoms with E-state index < -0.39 is 17.5 Å². The molecule has 4 N–H and O–H groups in total. The Balaban J connectivity index is 2.52. The summed E-state index contributed by atoms with van der Waals surface area (Å²) in [7, 11) is 0. The van der Waals surface area contributed by atoms with Gasteiger partial charge >= 0.3 is 11.9 Å². The maximum Gasteiger partial charge on any atom is 0.335 e. The molecular weight excluding hydrogens is 420 g/mol. The Bertz CT molecular complexity index is 947. The first-order valence-electron chi connectivity index (χ1n) is 11.1. The predicted octanol–water partition coefficient (Wildman–Crippen LogP) is 5.81. The number of phenols is 1. The number of benzene rings is 1. The molecule has 0 fully saturated rings. The van der Waals surface area contributed by atoms with Crippen molar-refractivity contribution >= 4 is 11.9 Å². The van der Waals surface area contributed by atoms with E-state index in [1.165, 1.54) is 23.8 Å². The molecule has 6 nitrogen and oxygen atoms in total. The second-order valence-corrected chi connectivity index (χ2v) is 8.69. The highest BCUT2D eigenvalue weighted by molar-refractivity contribution is 5.88. The van der Waals surface area contributed by atoms with Gasteiger partial charge < -0.3 is 20.4 Å². The lowest BCUT2D eigenvalue weighted by Crippen LogP contribution is -2.20. The van der Waals surface area contributed by atoms with Crippen molar-refractivity contribution in [3.63, 3.8) is 0 Å². The Labute approximate surface area is 196 Å². The lowest BCUT2D eigenvalue weighted by molar-refractivity contribution is -0.132. The summed E-state index contributed by atoms with van der Waals surface area (Å²) in [5.74, 6) is -1.86. The zero-order valence-corrected chi connectivity index (χ0v) is 20.0. The van der Waals surface area contributed by atoms with Gasteiger partial charge in [0.05, 0.1) is 11.2 Å². The summed E-state index contributed by atoms with van der Waals surface area (Å²) in [6.45, 7) is 7.30. The van der Waals surface area contributed by atoms with E-state index in [1.54, 1.807) is 26.0 Å². The number of carboxylic acids is 2. The zero-order valence-electron chi connectivity index (χ0n) is 20.0. The molecular formula is C27H36O6. The number of carbonyl (C=O) groups is 2. The smallest absolute Gasteiger partial charge is 0.335 e. The molecule has 0 bridgehead atoms. The Morgan fingerprint density at radius 1 is 1.00 bits per heavy atom. The summed E-state index contributed by atoms with van der Waals surface area (Å²) in [6.07, 6.45) is 13.3. The van der Waals surface area contributed by atoms with Crippen LogP contribution >= 0.6 is 0 Å². The van der Waals surface area contributed by atoms with Crippen LogP contribution in [0.1, 0.15) is 75.7 Å². The van der Waals surface area contributed by atoms with Gasteiger partial charge in [-0.25, -0.2) is 9.59 Å². The summed E-state index contributed by atoms with van der Waals surface area (Å²) in [4.78, 5) is 21.9. The van der Waals surface area contributed by atoms with Crippen LogP contribution in [0.4, 0.5) is 0 Å². The second-order valence-electron chi connectivity index (χ2n) is 8.69. The molecule has 1 atom stereocenters. The fourth-order valence-electron chi connectivity index (χ4n) is 3.15. The third-order valence-corrected chi connectivity index (χ3v) is 5.38. The molecule has 1 aromatic rings. The maximum absolute atomic E-state index is 11.1. The summed E-state index contributed by atoms with van der Waals surface area (Å²) in [5.41, 5.74) is 2.32. The first-order valence-corrected chi connectivity index (χ1v) is 11.1. The van der Waals surface area contributed by atoms with Crippen LogP contribution in [0.3, 0.4) is 0 Å². The average Bonchev–Trinajstić information content (AvgIpc) is 2.72. The van der Waals surface area contributed by atoms with Crippen molar-refractivity contribution in [3.8, 4) is 5.75 Å². The van der Waals surface area contributed by atoms with Crippen molar-refractivity contribution in [2.24, 2.45) is 0 Å². The number of hydrogen-bond donors (Lipinski definition) is 4. The van der Waals surface area contributed by atoms with Gasteiger partial charge in [-0.15, -0.1) is 0 Å². The molecule has 0 spiro atoms. The number of hydrogen-bond acceptors (Lipinski definition) is 4. The topological polar surface area (TPSA) is 115 Å². The SMILES string of the molecule is C/C(=C\Cc1cc(C(=O)O)ccc1O)C/C=C/C(C)(O)CC/C=C(\C)CC/C=C(\C)C(=O)O. The zero-order chi connectivity index (χ0) is 25.0. The molecule has 180 valence electrons. The van der Waals surface area contributed by atoms with Gasteiger partial charge in [-0.2, -0.15) is 0 Å². The average molecular weight is 457 g/mol. The molecule has 33 heavy (non-hydrogen) atoms. The first-order chi connectivity index (χ1) is 15.4. The van der Waals surface area contributed by atoms with Gasteiger partial charge in [0.15, 0.2) is 0 Å².